The first kappa shape index (κ1) is 14.0. The number of hydrogen-bond donors (Lipinski definition) is 0. The summed E-state index contributed by atoms with van der Waals surface area (Å²) in [5, 5.41) is 0. The zero-order chi connectivity index (χ0) is 12.0. The van der Waals surface area contributed by atoms with Crippen LogP contribution in [0.3, 0.4) is 0 Å². The SMILES string of the molecule is CC(C)OCCC(CCl)c1ccccc1Br. The van der Waals surface area contributed by atoms with Crippen molar-refractivity contribution < 1.29 is 4.74 Å². The predicted molar refractivity (Wildman–Crippen MR) is 73.3 cm³/mol. The van der Waals surface area contributed by atoms with Gasteiger partial charge in [-0.2, -0.15) is 0 Å². The second-order valence-corrected chi connectivity index (χ2v) is 5.24. The Morgan fingerprint density at radius 3 is 2.56 bits per heavy atom. The molecule has 0 bridgehead atoms. The van der Waals surface area contributed by atoms with E-state index < -0.39 is 0 Å². The van der Waals surface area contributed by atoms with Gasteiger partial charge in [-0.3, -0.25) is 0 Å². The Labute approximate surface area is 111 Å². The second-order valence-electron chi connectivity index (χ2n) is 4.08. The average molecular weight is 306 g/mol. The molecule has 0 heterocycles. The molecule has 0 aliphatic carbocycles. The molecule has 0 spiro atoms. The van der Waals surface area contributed by atoms with E-state index in [2.05, 4.69) is 28.1 Å². The average Bonchev–Trinajstić information content (AvgIpc) is 2.25. The summed E-state index contributed by atoms with van der Waals surface area (Å²) >= 11 is 9.57. The van der Waals surface area contributed by atoms with E-state index in [1.54, 1.807) is 0 Å². The lowest BCUT2D eigenvalue weighted by Crippen LogP contribution is -2.09. The van der Waals surface area contributed by atoms with Crippen molar-refractivity contribution >= 4 is 27.5 Å². The molecule has 3 heteroatoms. The summed E-state index contributed by atoms with van der Waals surface area (Å²) in [5.74, 6) is 0.986. The zero-order valence-corrected chi connectivity index (χ0v) is 12.1. The van der Waals surface area contributed by atoms with Gasteiger partial charge in [0.1, 0.15) is 0 Å². The van der Waals surface area contributed by atoms with Gasteiger partial charge in [0.2, 0.25) is 0 Å². The number of hydrogen-bond acceptors (Lipinski definition) is 1. The molecule has 0 fully saturated rings. The molecule has 0 saturated carbocycles. The van der Waals surface area contributed by atoms with Crippen LogP contribution >= 0.6 is 27.5 Å². The van der Waals surface area contributed by atoms with Crippen LogP contribution in [0.15, 0.2) is 28.7 Å². The van der Waals surface area contributed by atoms with Gasteiger partial charge in [-0.15, -0.1) is 11.6 Å². The Balaban J connectivity index is 2.57. The van der Waals surface area contributed by atoms with Crippen molar-refractivity contribution in [3.63, 3.8) is 0 Å². The van der Waals surface area contributed by atoms with Gasteiger partial charge in [-0.05, 0) is 31.9 Å². The van der Waals surface area contributed by atoms with Crippen LogP contribution in [0, 0.1) is 0 Å². The van der Waals surface area contributed by atoms with Crippen LogP contribution in [0.25, 0.3) is 0 Å². The second kappa shape index (κ2) is 7.31. The summed E-state index contributed by atoms with van der Waals surface area (Å²) in [6.07, 6.45) is 1.25. The van der Waals surface area contributed by atoms with Crippen LogP contribution < -0.4 is 0 Å². The predicted octanol–water partition coefficient (Wildman–Crippen LogP) is 4.59. The third kappa shape index (κ3) is 4.44. The molecule has 0 aliphatic rings. The molecule has 0 radical (unpaired) electrons. The van der Waals surface area contributed by atoms with E-state index in [1.807, 2.05) is 26.0 Å². The van der Waals surface area contributed by atoms with Crippen molar-refractivity contribution in [3.8, 4) is 0 Å². The minimum absolute atomic E-state index is 0.287. The Kier molecular flexibility index (Phi) is 6.40. The Bertz CT molecular complexity index is 315. The quantitative estimate of drug-likeness (QED) is 0.699. The van der Waals surface area contributed by atoms with Crippen LogP contribution in [-0.4, -0.2) is 18.6 Å². The van der Waals surface area contributed by atoms with Gasteiger partial charge in [-0.25, -0.2) is 0 Å². The van der Waals surface area contributed by atoms with Crippen molar-refractivity contribution in [2.75, 3.05) is 12.5 Å². The van der Waals surface area contributed by atoms with E-state index in [-0.39, 0.29) is 6.10 Å². The molecule has 1 aromatic carbocycles. The molecular formula is C13H18BrClO. The highest BCUT2D eigenvalue weighted by Gasteiger charge is 2.13. The molecule has 90 valence electrons. The maximum atomic E-state index is 6.01. The molecule has 1 unspecified atom stereocenters. The van der Waals surface area contributed by atoms with E-state index in [0.29, 0.717) is 11.8 Å². The number of ether oxygens (including phenoxy) is 1. The number of benzene rings is 1. The molecule has 1 aromatic rings. The zero-order valence-electron chi connectivity index (χ0n) is 9.75. The summed E-state index contributed by atoms with van der Waals surface area (Å²) in [6, 6.07) is 8.23. The first-order valence-corrected chi connectivity index (χ1v) is 6.90. The maximum Gasteiger partial charge on any atom is 0.0518 e. The minimum Gasteiger partial charge on any atom is -0.379 e. The summed E-state index contributed by atoms with van der Waals surface area (Å²) in [4.78, 5) is 0. The summed E-state index contributed by atoms with van der Waals surface area (Å²) in [7, 11) is 0. The van der Waals surface area contributed by atoms with E-state index in [4.69, 9.17) is 16.3 Å². The molecular weight excluding hydrogens is 287 g/mol. The molecule has 0 aliphatic heterocycles. The largest absolute Gasteiger partial charge is 0.379 e. The van der Waals surface area contributed by atoms with Crippen molar-refractivity contribution in [2.45, 2.75) is 32.3 Å². The van der Waals surface area contributed by atoms with Gasteiger partial charge in [0, 0.05) is 22.9 Å². The number of halogens is 2. The highest BCUT2D eigenvalue weighted by molar-refractivity contribution is 9.10. The van der Waals surface area contributed by atoms with Gasteiger partial charge in [-0.1, -0.05) is 34.1 Å². The normalized spacial score (nSPS) is 13.1. The lowest BCUT2D eigenvalue weighted by molar-refractivity contribution is 0.0743. The van der Waals surface area contributed by atoms with E-state index in [1.165, 1.54) is 5.56 Å². The summed E-state index contributed by atoms with van der Waals surface area (Å²) in [5.41, 5.74) is 1.27. The van der Waals surface area contributed by atoms with Crippen LogP contribution in [0.2, 0.25) is 0 Å². The maximum absolute atomic E-state index is 6.01. The van der Waals surface area contributed by atoms with Crippen molar-refractivity contribution in [2.24, 2.45) is 0 Å². The Morgan fingerprint density at radius 2 is 2.00 bits per heavy atom. The van der Waals surface area contributed by atoms with Gasteiger partial charge in [0.25, 0.3) is 0 Å². The third-order valence-electron chi connectivity index (χ3n) is 2.45. The van der Waals surface area contributed by atoms with Crippen LogP contribution in [0.5, 0.6) is 0 Å². The van der Waals surface area contributed by atoms with Crippen LogP contribution in [0.4, 0.5) is 0 Å². The van der Waals surface area contributed by atoms with E-state index >= 15 is 0 Å². The minimum atomic E-state index is 0.287. The standard InChI is InChI=1S/C13H18BrClO/c1-10(2)16-8-7-11(9-15)12-5-3-4-6-13(12)14/h3-6,10-11H,7-9H2,1-2H3. The van der Waals surface area contributed by atoms with Gasteiger partial charge in [0.05, 0.1) is 6.10 Å². The number of alkyl halides is 1. The highest BCUT2D eigenvalue weighted by Crippen LogP contribution is 2.28. The molecule has 1 rings (SSSR count). The van der Waals surface area contributed by atoms with Crippen LogP contribution in [0.1, 0.15) is 31.7 Å². The molecule has 0 aromatic heterocycles. The molecule has 1 atom stereocenters. The molecule has 0 amide bonds. The topological polar surface area (TPSA) is 9.23 Å². The lowest BCUT2D eigenvalue weighted by Gasteiger charge is -2.17. The fourth-order valence-electron chi connectivity index (χ4n) is 1.57. The number of rotatable bonds is 6. The molecule has 1 nitrogen and oxygen atoms in total. The van der Waals surface area contributed by atoms with Gasteiger partial charge >= 0.3 is 0 Å². The molecule has 16 heavy (non-hydrogen) atoms. The highest BCUT2D eigenvalue weighted by atomic mass is 79.9. The van der Waals surface area contributed by atoms with Crippen molar-refractivity contribution in [1.82, 2.24) is 0 Å². The third-order valence-corrected chi connectivity index (χ3v) is 3.54. The molecule has 0 saturated heterocycles. The Hall–Kier alpha value is -0.0500. The Morgan fingerprint density at radius 1 is 1.31 bits per heavy atom. The summed E-state index contributed by atoms with van der Waals surface area (Å²) < 4.78 is 6.69. The fraction of sp³-hybridized carbons (Fsp3) is 0.538. The van der Waals surface area contributed by atoms with Gasteiger partial charge < -0.3 is 4.74 Å². The first-order valence-electron chi connectivity index (χ1n) is 5.57. The van der Waals surface area contributed by atoms with E-state index in [9.17, 15) is 0 Å². The van der Waals surface area contributed by atoms with Crippen molar-refractivity contribution in [3.05, 3.63) is 34.3 Å². The lowest BCUT2D eigenvalue weighted by atomic mass is 9.98. The van der Waals surface area contributed by atoms with Crippen LogP contribution in [-0.2, 0) is 4.74 Å². The first-order chi connectivity index (χ1) is 7.65. The fourth-order valence-corrected chi connectivity index (χ4v) is 2.50. The molecule has 0 N–H and O–H groups in total. The summed E-state index contributed by atoms with van der Waals surface area (Å²) in [6.45, 7) is 4.86. The smallest absolute Gasteiger partial charge is 0.0518 e. The monoisotopic (exact) mass is 304 g/mol. The van der Waals surface area contributed by atoms with Crippen molar-refractivity contribution in [1.29, 1.82) is 0 Å². The van der Waals surface area contributed by atoms with E-state index in [0.717, 1.165) is 17.5 Å². The van der Waals surface area contributed by atoms with Gasteiger partial charge in [0.15, 0.2) is 0 Å².